The van der Waals surface area contributed by atoms with Gasteiger partial charge in [0.05, 0.1) is 19.8 Å². The van der Waals surface area contributed by atoms with Crippen LogP contribution in [0.15, 0.2) is 60.8 Å². The first-order valence-corrected chi connectivity index (χ1v) is 31.7. The lowest BCUT2D eigenvalue weighted by Gasteiger charge is -2.21. The molecule has 3 unspecified atom stereocenters. The van der Waals surface area contributed by atoms with Gasteiger partial charge in [-0.25, -0.2) is 4.57 Å². The lowest BCUT2D eigenvalue weighted by atomic mass is 10.0. The van der Waals surface area contributed by atoms with Crippen molar-refractivity contribution in [2.75, 3.05) is 26.4 Å². The van der Waals surface area contributed by atoms with Crippen LogP contribution in [0.2, 0.25) is 0 Å². The molecule has 74 heavy (non-hydrogen) atoms. The monoisotopic (exact) mass is 1060 g/mol. The van der Waals surface area contributed by atoms with Crippen molar-refractivity contribution in [1.82, 2.24) is 0 Å². The van der Waals surface area contributed by atoms with Crippen molar-refractivity contribution in [3.8, 4) is 0 Å². The van der Waals surface area contributed by atoms with Crippen molar-refractivity contribution in [2.45, 2.75) is 290 Å². The first-order valence-electron chi connectivity index (χ1n) is 30.2. The predicted molar refractivity (Wildman–Crippen MR) is 307 cm³/mol. The quantitative estimate of drug-likeness (QED) is 0.0197. The molecule has 2 N–H and O–H groups in total. The van der Waals surface area contributed by atoms with Crippen molar-refractivity contribution < 1.29 is 52.2 Å². The molecule has 0 fully saturated rings. The molecule has 0 bridgehead atoms. The molecule has 0 saturated heterocycles. The second kappa shape index (κ2) is 56.4. The topological polar surface area (TPSA) is 155 Å². The number of aliphatic hydroxyl groups is 1. The summed E-state index contributed by atoms with van der Waals surface area (Å²) in [5.74, 6) is -1.48. The Hall–Kier alpha value is -2.82. The number of phosphoric acid groups is 1. The Balaban J connectivity index is 4.74. The van der Waals surface area contributed by atoms with E-state index in [1.807, 2.05) is 0 Å². The van der Waals surface area contributed by atoms with E-state index in [0.717, 1.165) is 122 Å². The Labute approximate surface area is 453 Å². The molecule has 0 rings (SSSR count). The van der Waals surface area contributed by atoms with E-state index in [1.165, 1.54) is 96.3 Å². The third kappa shape index (κ3) is 54.0. The van der Waals surface area contributed by atoms with Crippen molar-refractivity contribution in [3.63, 3.8) is 0 Å². The maximum absolute atomic E-state index is 12.9. The van der Waals surface area contributed by atoms with Gasteiger partial charge in [0.2, 0.25) is 0 Å². The van der Waals surface area contributed by atoms with Crippen LogP contribution < -0.4 is 0 Å². The SMILES string of the molecule is CC/C=C\C/C=C\C/C=C\C/C=C\CCCCCCCCC(=O)OC(COC(=O)CCCCCCC/C=C\CCCCCCCC)COP(=O)(O)OCC(CO)OC(=O)CCCCCCCCCCCCCCC. The average Bonchev–Trinajstić information content (AvgIpc) is 3.39. The zero-order valence-electron chi connectivity index (χ0n) is 47.6. The van der Waals surface area contributed by atoms with E-state index in [0.29, 0.717) is 19.3 Å². The molecular formula is C62H111O11P. The predicted octanol–water partition coefficient (Wildman–Crippen LogP) is 17.9. The van der Waals surface area contributed by atoms with Gasteiger partial charge < -0.3 is 24.2 Å². The number of allylic oxidation sites excluding steroid dienone is 10. The molecule has 430 valence electrons. The number of aliphatic hydroxyl groups excluding tert-OH is 1. The van der Waals surface area contributed by atoms with Crippen LogP contribution in [-0.4, -0.2) is 66.5 Å². The van der Waals surface area contributed by atoms with Crippen LogP contribution >= 0.6 is 7.82 Å². The maximum Gasteiger partial charge on any atom is 0.472 e. The third-order valence-electron chi connectivity index (χ3n) is 12.9. The molecule has 0 aliphatic heterocycles. The fourth-order valence-electron chi connectivity index (χ4n) is 8.34. The zero-order valence-corrected chi connectivity index (χ0v) is 48.5. The summed E-state index contributed by atoms with van der Waals surface area (Å²) in [5.41, 5.74) is 0. The Morgan fingerprint density at radius 1 is 0.392 bits per heavy atom. The minimum Gasteiger partial charge on any atom is -0.462 e. The van der Waals surface area contributed by atoms with Gasteiger partial charge in [0.25, 0.3) is 0 Å². The van der Waals surface area contributed by atoms with Crippen LogP contribution in [0.5, 0.6) is 0 Å². The third-order valence-corrected chi connectivity index (χ3v) is 13.9. The molecule has 0 saturated carbocycles. The number of ether oxygens (including phenoxy) is 3. The number of phosphoric ester groups is 1. The Bertz CT molecular complexity index is 1470. The number of hydrogen-bond acceptors (Lipinski definition) is 10. The van der Waals surface area contributed by atoms with Crippen LogP contribution in [0, 0.1) is 0 Å². The van der Waals surface area contributed by atoms with Gasteiger partial charge in [-0.3, -0.25) is 23.4 Å². The summed E-state index contributed by atoms with van der Waals surface area (Å²) in [6, 6.07) is 0. The maximum atomic E-state index is 12.9. The van der Waals surface area contributed by atoms with E-state index < -0.39 is 57.8 Å². The van der Waals surface area contributed by atoms with Crippen LogP contribution in [0.25, 0.3) is 0 Å². The summed E-state index contributed by atoms with van der Waals surface area (Å²) >= 11 is 0. The molecule has 0 aromatic carbocycles. The van der Waals surface area contributed by atoms with Gasteiger partial charge in [-0.2, -0.15) is 0 Å². The van der Waals surface area contributed by atoms with E-state index in [1.54, 1.807) is 0 Å². The molecule has 12 heteroatoms. The molecule has 3 atom stereocenters. The van der Waals surface area contributed by atoms with E-state index in [-0.39, 0.29) is 25.9 Å². The first kappa shape index (κ1) is 71.2. The summed E-state index contributed by atoms with van der Waals surface area (Å²) in [6.45, 7) is 4.53. The Morgan fingerprint density at radius 2 is 0.703 bits per heavy atom. The van der Waals surface area contributed by atoms with Crippen molar-refractivity contribution >= 4 is 25.7 Å². The number of carbonyl (C=O) groups excluding carboxylic acids is 3. The molecule has 0 spiro atoms. The van der Waals surface area contributed by atoms with Gasteiger partial charge in [-0.1, -0.05) is 236 Å². The minimum absolute atomic E-state index is 0.150. The van der Waals surface area contributed by atoms with Crippen molar-refractivity contribution in [1.29, 1.82) is 0 Å². The zero-order chi connectivity index (χ0) is 54.1. The lowest BCUT2D eigenvalue weighted by Crippen LogP contribution is -2.30. The summed E-state index contributed by atoms with van der Waals surface area (Å²) in [4.78, 5) is 48.6. The number of unbranched alkanes of at least 4 members (excludes halogenated alkanes) is 29. The van der Waals surface area contributed by atoms with E-state index in [4.69, 9.17) is 23.3 Å². The standard InChI is InChI=1S/C62H111O11P/c1-4-7-10-13-16-19-22-25-27-28-29-30-32-35-38-41-44-47-50-53-62(66)73-59(55-69-60(64)51-48-45-42-39-36-34-31-26-23-20-17-14-11-8-5-2)57-71-74(67,68)70-56-58(54-63)72-61(65)52-49-46-43-40-37-33-24-21-18-15-12-9-6-3/h7,10,16,19,25-27,29-31,58-59,63H,4-6,8-9,11-15,17-18,20-24,28,32-57H2,1-3H3,(H,67,68)/b10-7-,19-16-,27-25-,30-29-,31-26-. The number of esters is 3. The smallest absolute Gasteiger partial charge is 0.462 e. The van der Waals surface area contributed by atoms with E-state index in [2.05, 4.69) is 81.5 Å². The normalized spacial score (nSPS) is 13.7. The van der Waals surface area contributed by atoms with Gasteiger partial charge in [0.1, 0.15) is 12.7 Å². The fraction of sp³-hybridized carbons (Fsp3) is 0.790. The highest BCUT2D eigenvalue weighted by Crippen LogP contribution is 2.43. The number of rotatable bonds is 56. The molecule has 0 aliphatic carbocycles. The highest BCUT2D eigenvalue weighted by Gasteiger charge is 2.28. The second-order valence-corrected chi connectivity index (χ2v) is 21.6. The molecule has 11 nitrogen and oxygen atoms in total. The summed E-state index contributed by atoms with van der Waals surface area (Å²) in [5, 5.41) is 9.82. The molecule has 0 amide bonds. The van der Waals surface area contributed by atoms with Crippen molar-refractivity contribution in [3.05, 3.63) is 60.8 Å². The van der Waals surface area contributed by atoms with Crippen LogP contribution in [-0.2, 0) is 42.2 Å². The van der Waals surface area contributed by atoms with E-state index >= 15 is 0 Å². The van der Waals surface area contributed by atoms with Crippen molar-refractivity contribution in [2.24, 2.45) is 0 Å². The van der Waals surface area contributed by atoms with Crippen LogP contribution in [0.3, 0.4) is 0 Å². The van der Waals surface area contributed by atoms with Gasteiger partial charge in [-0.15, -0.1) is 0 Å². The van der Waals surface area contributed by atoms with Gasteiger partial charge in [-0.05, 0) is 83.5 Å². The van der Waals surface area contributed by atoms with Gasteiger partial charge in [0, 0.05) is 19.3 Å². The Morgan fingerprint density at radius 3 is 1.09 bits per heavy atom. The highest BCUT2D eigenvalue weighted by atomic mass is 31.2. The molecular weight excluding hydrogens is 952 g/mol. The fourth-order valence-corrected chi connectivity index (χ4v) is 9.13. The largest absolute Gasteiger partial charge is 0.472 e. The van der Waals surface area contributed by atoms with E-state index in [9.17, 15) is 28.9 Å². The molecule has 0 heterocycles. The van der Waals surface area contributed by atoms with Crippen LogP contribution in [0.1, 0.15) is 278 Å². The number of hydrogen-bond donors (Lipinski definition) is 2. The number of carbonyl (C=O) groups is 3. The molecule has 0 aromatic rings. The first-order chi connectivity index (χ1) is 36.2. The van der Waals surface area contributed by atoms with Gasteiger partial charge >= 0.3 is 25.7 Å². The highest BCUT2D eigenvalue weighted by molar-refractivity contribution is 7.47. The average molecular weight is 1060 g/mol. The summed E-state index contributed by atoms with van der Waals surface area (Å²) in [7, 11) is -4.75. The van der Waals surface area contributed by atoms with Gasteiger partial charge in [0.15, 0.2) is 6.10 Å². The Kier molecular flexibility index (Phi) is 54.2. The summed E-state index contributed by atoms with van der Waals surface area (Å²) in [6.07, 6.45) is 61.7. The molecule has 0 radical (unpaired) electrons. The van der Waals surface area contributed by atoms with Crippen LogP contribution in [0.4, 0.5) is 0 Å². The summed E-state index contributed by atoms with van der Waals surface area (Å²) < 4.78 is 39.6. The molecule has 0 aromatic heterocycles. The minimum atomic E-state index is -4.75. The molecule has 0 aliphatic rings. The lowest BCUT2D eigenvalue weighted by molar-refractivity contribution is -0.161. The second-order valence-electron chi connectivity index (χ2n) is 20.1.